The summed E-state index contributed by atoms with van der Waals surface area (Å²) in [5, 5.41) is 14.2. The van der Waals surface area contributed by atoms with Crippen molar-refractivity contribution in [2.45, 2.75) is 50.6 Å². The van der Waals surface area contributed by atoms with Crippen LogP contribution in [0.5, 0.6) is 0 Å². The van der Waals surface area contributed by atoms with E-state index in [0.717, 1.165) is 30.5 Å². The maximum atomic E-state index is 13.5. The average molecular weight is 436 g/mol. The van der Waals surface area contributed by atoms with Crippen LogP contribution in [-0.4, -0.2) is 45.3 Å². The first kappa shape index (κ1) is 21.4. The van der Waals surface area contributed by atoms with Gasteiger partial charge < -0.3 is 15.7 Å². The number of amides is 1. The molecule has 0 aromatic carbocycles. The molecule has 2 aromatic heterocycles. The Balaban J connectivity index is 1.81. The Morgan fingerprint density at radius 3 is 2.55 bits per heavy atom. The molecule has 1 saturated carbocycles. The number of nitrogens with zero attached hydrogens (tertiary/aromatic N) is 2. The molecular formula is C17H17F5N4O2S. The molecule has 1 aliphatic carbocycles. The van der Waals surface area contributed by atoms with Crippen LogP contribution in [0.1, 0.15) is 41.6 Å². The van der Waals surface area contributed by atoms with Gasteiger partial charge in [0.1, 0.15) is 11.9 Å². The van der Waals surface area contributed by atoms with Gasteiger partial charge in [-0.1, -0.05) is 0 Å². The number of carbonyl (C=O) groups is 1. The molecule has 12 heteroatoms. The minimum Gasteiger partial charge on any atom is -0.391 e. The van der Waals surface area contributed by atoms with Crippen LogP contribution in [0.2, 0.25) is 0 Å². The van der Waals surface area contributed by atoms with Crippen LogP contribution in [0.3, 0.4) is 0 Å². The minimum absolute atomic E-state index is 0.0206. The summed E-state index contributed by atoms with van der Waals surface area (Å²) in [6.45, 7) is 0.852. The van der Waals surface area contributed by atoms with Gasteiger partial charge in [-0.15, -0.1) is 11.3 Å². The van der Waals surface area contributed by atoms with Crippen molar-refractivity contribution in [2.24, 2.45) is 0 Å². The molecule has 0 radical (unpaired) electrons. The lowest BCUT2D eigenvalue weighted by Gasteiger charge is -2.32. The summed E-state index contributed by atoms with van der Waals surface area (Å²) in [6, 6.07) is -1.48. The first-order chi connectivity index (χ1) is 13.6. The molecule has 1 fully saturated rings. The lowest BCUT2D eigenvalue weighted by molar-refractivity contribution is -0.138. The van der Waals surface area contributed by atoms with Gasteiger partial charge >= 0.3 is 6.18 Å². The fourth-order valence-corrected chi connectivity index (χ4v) is 3.48. The van der Waals surface area contributed by atoms with Crippen LogP contribution in [0.25, 0.3) is 10.4 Å². The van der Waals surface area contributed by atoms with Crippen molar-refractivity contribution in [3.63, 3.8) is 0 Å². The second-order valence-corrected chi connectivity index (χ2v) is 7.65. The third-order valence-corrected chi connectivity index (χ3v) is 5.58. The van der Waals surface area contributed by atoms with E-state index in [9.17, 15) is 31.9 Å². The summed E-state index contributed by atoms with van der Waals surface area (Å²) in [5.41, 5.74) is -0.549. The number of hydrogen-bond acceptors (Lipinski definition) is 6. The maximum Gasteiger partial charge on any atom is 0.408 e. The second kappa shape index (κ2) is 8.19. The van der Waals surface area contributed by atoms with Gasteiger partial charge in [0.2, 0.25) is 0 Å². The standard InChI is InChI=1S/C17H17F5N4O2S/c1-7(17(20,21)22)25-13-4-8(14(18)19)9(5-23-13)12-6-24-16(29-12)15(28)26-10-2-3-11(10)27/h4-7,10-11,14,27H,2-3H2,1H3,(H,23,25)(H,26,28)/t7-,10+,11+/m0/s1. The van der Waals surface area contributed by atoms with Crippen molar-refractivity contribution in [3.05, 3.63) is 29.0 Å². The average Bonchev–Trinajstić information content (AvgIpc) is 3.13. The number of alkyl halides is 5. The molecule has 0 bridgehead atoms. The van der Waals surface area contributed by atoms with E-state index in [1.807, 2.05) is 5.32 Å². The molecule has 3 rings (SSSR count). The highest BCUT2D eigenvalue weighted by Gasteiger charge is 2.36. The number of thiazole rings is 1. The van der Waals surface area contributed by atoms with Crippen LogP contribution in [0, 0.1) is 0 Å². The number of hydrogen-bond donors (Lipinski definition) is 3. The highest BCUT2D eigenvalue weighted by molar-refractivity contribution is 7.17. The molecule has 3 atom stereocenters. The fraction of sp³-hybridized carbons (Fsp3) is 0.471. The molecule has 0 saturated heterocycles. The highest BCUT2D eigenvalue weighted by atomic mass is 32.1. The predicted octanol–water partition coefficient (Wildman–Crippen LogP) is 3.76. The third-order valence-electron chi connectivity index (χ3n) is 4.55. The van der Waals surface area contributed by atoms with E-state index in [4.69, 9.17) is 0 Å². The number of halogens is 5. The van der Waals surface area contributed by atoms with Gasteiger partial charge in [0.05, 0.1) is 17.0 Å². The van der Waals surface area contributed by atoms with E-state index in [1.165, 1.54) is 6.20 Å². The van der Waals surface area contributed by atoms with E-state index in [0.29, 0.717) is 12.8 Å². The van der Waals surface area contributed by atoms with Gasteiger partial charge in [-0.3, -0.25) is 4.79 Å². The van der Waals surface area contributed by atoms with Crippen LogP contribution in [0.15, 0.2) is 18.5 Å². The molecule has 1 aliphatic rings. The van der Waals surface area contributed by atoms with E-state index < -0.39 is 36.2 Å². The molecular weight excluding hydrogens is 419 g/mol. The SMILES string of the molecule is C[C@H](Nc1cc(C(F)F)c(-c2cnc(C(=O)N[C@@H]3CC[C@H]3O)s2)cn1)C(F)(F)F. The monoisotopic (exact) mass is 436 g/mol. The van der Waals surface area contributed by atoms with Crippen molar-refractivity contribution < 1.29 is 31.9 Å². The number of anilines is 1. The molecule has 0 aliphatic heterocycles. The van der Waals surface area contributed by atoms with Gasteiger partial charge in [-0.25, -0.2) is 18.7 Å². The summed E-state index contributed by atoms with van der Waals surface area (Å²) in [6.07, 6.45) is -4.67. The number of aliphatic hydroxyl groups is 1. The first-order valence-corrected chi connectivity index (χ1v) is 9.44. The van der Waals surface area contributed by atoms with Crippen molar-refractivity contribution in [1.82, 2.24) is 15.3 Å². The lowest BCUT2D eigenvalue weighted by Crippen LogP contribution is -2.50. The van der Waals surface area contributed by atoms with E-state index >= 15 is 0 Å². The normalized spacial score (nSPS) is 20.3. The molecule has 29 heavy (non-hydrogen) atoms. The largest absolute Gasteiger partial charge is 0.408 e. The maximum absolute atomic E-state index is 13.5. The molecule has 3 N–H and O–H groups in total. The zero-order chi connectivity index (χ0) is 21.3. The van der Waals surface area contributed by atoms with Gasteiger partial charge in [0, 0.05) is 23.5 Å². The van der Waals surface area contributed by atoms with Crippen molar-refractivity contribution in [1.29, 1.82) is 0 Å². The molecule has 2 heterocycles. The second-order valence-electron chi connectivity index (χ2n) is 6.62. The Kier molecular flexibility index (Phi) is 6.03. The number of pyridine rings is 1. The van der Waals surface area contributed by atoms with Crippen LogP contribution >= 0.6 is 11.3 Å². The van der Waals surface area contributed by atoms with Gasteiger partial charge in [0.15, 0.2) is 5.01 Å². The molecule has 6 nitrogen and oxygen atoms in total. The summed E-state index contributed by atoms with van der Waals surface area (Å²) >= 11 is 0.849. The zero-order valence-electron chi connectivity index (χ0n) is 15.0. The smallest absolute Gasteiger partial charge is 0.391 e. The number of aliphatic hydroxyl groups excluding tert-OH is 1. The van der Waals surface area contributed by atoms with Crippen LogP contribution in [0.4, 0.5) is 27.8 Å². The Labute approximate surface area is 166 Å². The Bertz CT molecular complexity index is 889. The lowest BCUT2D eigenvalue weighted by atomic mass is 9.89. The number of aromatic nitrogens is 2. The quantitative estimate of drug-likeness (QED) is 0.601. The van der Waals surface area contributed by atoms with E-state index in [-0.39, 0.29) is 27.3 Å². The fourth-order valence-electron chi connectivity index (χ4n) is 2.62. The molecule has 2 aromatic rings. The number of nitrogens with one attached hydrogen (secondary N) is 2. The van der Waals surface area contributed by atoms with E-state index in [2.05, 4.69) is 15.3 Å². The Hall–Kier alpha value is -2.34. The number of rotatable bonds is 6. The summed E-state index contributed by atoms with van der Waals surface area (Å²) in [7, 11) is 0. The van der Waals surface area contributed by atoms with Crippen molar-refractivity contribution >= 4 is 23.1 Å². The minimum atomic E-state index is -4.56. The Morgan fingerprint density at radius 2 is 2.00 bits per heavy atom. The van der Waals surface area contributed by atoms with Crippen LogP contribution in [-0.2, 0) is 0 Å². The van der Waals surface area contributed by atoms with Gasteiger partial charge in [-0.2, -0.15) is 13.2 Å². The van der Waals surface area contributed by atoms with Gasteiger partial charge in [-0.05, 0) is 25.8 Å². The zero-order valence-corrected chi connectivity index (χ0v) is 15.8. The Morgan fingerprint density at radius 1 is 1.28 bits per heavy atom. The highest BCUT2D eigenvalue weighted by Crippen LogP contribution is 2.36. The first-order valence-electron chi connectivity index (χ1n) is 8.62. The molecule has 0 spiro atoms. The number of carbonyl (C=O) groups excluding carboxylic acids is 1. The van der Waals surface area contributed by atoms with Crippen molar-refractivity contribution in [2.75, 3.05) is 5.32 Å². The molecule has 158 valence electrons. The summed E-state index contributed by atoms with van der Waals surface area (Å²) in [4.78, 5) is 20.1. The molecule has 1 amide bonds. The van der Waals surface area contributed by atoms with Gasteiger partial charge in [0.25, 0.3) is 12.3 Å². The van der Waals surface area contributed by atoms with Crippen LogP contribution < -0.4 is 10.6 Å². The molecule has 0 unspecified atom stereocenters. The van der Waals surface area contributed by atoms with E-state index in [1.54, 1.807) is 0 Å². The topological polar surface area (TPSA) is 87.1 Å². The van der Waals surface area contributed by atoms with Crippen molar-refractivity contribution in [3.8, 4) is 10.4 Å². The summed E-state index contributed by atoms with van der Waals surface area (Å²) < 4.78 is 65.0. The summed E-state index contributed by atoms with van der Waals surface area (Å²) in [5.74, 6) is -0.871. The predicted molar refractivity (Wildman–Crippen MR) is 95.9 cm³/mol. The third kappa shape index (κ3) is 4.81.